The van der Waals surface area contributed by atoms with E-state index in [1.165, 1.54) is 11.1 Å². The summed E-state index contributed by atoms with van der Waals surface area (Å²) in [6, 6.07) is 6.43. The van der Waals surface area contributed by atoms with Gasteiger partial charge < -0.3 is 9.88 Å². The summed E-state index contributed by atoms with van der Waals surface area (Å²) in [5.74, 6) is 1.15. The predicted molar refractivity (Wildman–Crippen MR) is 62.9 cm³/mol. The second-order valence-corrected chi connectivity index (χ2v) is 3.79. The number of imidazole rings is 1. The summed E-state index contributed by atoms with van der Waals surface area (Å²) in [5, 5.41) is 3.16. The molecular formula is C12H17N3. The van der Waals surface area contributed by atoms with E-state index in [1.807, 2.05) is 7.05 Å². The Hall–Kier alpha value is -1.35. The van der Waals surface area contributed by atoms with Crippen molar-refractivity contribution >= 4 is 11.0 Å². The fraction of sp³-hybridized carbons (Fsp3) is 0.417. The highest BCUT2D eigenvalue weighted by Gasteiger charge is 2.05. The molecule has 1 N–H and O–H groups in total. The zero-order chi connectivity index (χ0) is 10.8. The van der Waals surface area contributed by atoms with Gasteiger partial charge in [0.25, 0.3) is 0 Å². The average molecular weight is 203 g/mol. The van der Waals surface area contributed by atoms with Crippen LogP contribution in [0.4, 0.5) is 0 Å². The minimum Gasteiger partial charge on any atom is -0.331 e. The molecule has 0 radical (unpaired) electrons. The normalized spacial score (nSPS) is 11.1. The summed E-state index contributed by atoms with van der Waals surface area (Å²) in [4.78, 5) is 4.57. The number of aromatic nitrogens is 2. The van der Waals surface area contributed by atoms with Gasteiger partial charge in [-0.3, -0.25) is 0 Å². The molecule has 0 bridgehead atoms. The molecule has 0 atom stereocenters. The second-order valence-electron chi connectivity index (χ2n) is 3.79. The quantitative estimate of drug-likeness (QED) is 0.825. The van der Waals surface area contributed by atoms with Crippen molar-refractivity contribution in [3.63, 3.8) is 0 Å². The molecule has 0 aliphatic carbocycles. The van der Waals surface area contributed by atoms with Crippen molar-refractivity contribution < 1.29 is 0 Å². The summed E-state index contributed by atoms with van der Waals surface area (Å²) in [6.07, 6.45) is 0.979. The molecule has 0 saturated heterocycles. The summed E-state index contributed by atoms with van der Waals surface area (Å²) in [6.45, 7) is 3.04. The SMILES string of the molecule is CCc1nc2ccc(CNC)cc2n1C. The lowest BCUT2D eigenvalue weighted by atomic mass is 10.2. The molecule has 0 saturated carbocycles. The van der Waals surface area contributed by atoms with Crippen LogP contribution in [0.15, 0.2) is 18.2 Å². The standard InChI is InChI=1S/C12H17N3/c1-4-12-14-10-6-5-9(8-13-2)7-11(10)15(12)3/h5-7,13H,4,8H2,1-3H3. The monoisotopic (exact) mass is 203 g/mol. The molecule has 1 heterocycles. The molecule has 2 aromatic rings. The third-order valence-corrected chi connectivity index (χ3v) is 2.73. The molecule has 0 aliphatic heterocycles. The highest BCUT2D eigenvalue weighted by molar-refractivity contribution is 5.76. The molecule has 0 aliphatic rings. The third kappa shape index (κ3) is 1.75. The van der Waals surface area contributed by atoms with Crippen molar-refractivity contribution in [1.29, 1.82) is 0 Å². The van der Waals surface area contributed by atoms with E-state index < -0.39 is 0 Å². The minimum atomic E-state index is 0.905. The van der Waals surface area contributed by atoms with Crippen LogP contribution in [0.3, 0.4) is 0 Å². The summed E-state index contributed by atoms with van der Waals surface area (Å²) in [5.41, 5.74) is 3.62. The predicted octanol–water partition coefficient (Wildman–Crippen LogP) is 1.86. The van der Waals surface area contributed by atoms with Crippen LogP contribution < -0.4 is 5.32 Å². The fourth-order valence-corrected chi connectivity index (χ4v) is 1.92. The number of aryl methyl sites for hydroxylation is 2. The number of nitrogens with zero attached hydrogens (tertiary/aromatic N) is 2. The maximum Gasteiger partial charge on any atom is 0.109 e. The Morgan fingerprint density at radius 1 is 1.40 bits per heavy atom. The molecule has 3 nitrogen and oxygen atoms in total. The Labute approximate surface area is 90.1 Å². The van der Waals surface area contributed by atoms with Crippen LogP contribution in [0.5, 0.6) is 0 Å². The number of fused-ring (bicyclic) bond motifs is 1. The van der Waals surface area contributed by atoms with Gasteiger partial charge in [-0.05, 0) is 24.7 Å². The summed E-state index contributed by atoms with van der Waals surface area (Å²) >= 11 is 0. The van der Waals surface area contributed by atoms with Gasteiger partial charge in [0.15, 0.2) is 0 Å². The van der Waals surface area contributed by atoms with Crippen molar-refractivity contribution in [2.75, 3.05) is 7.05 Å². The van der Waals surface area contributed by atoms with Crippen molar-refractivity contribution in [3.05, 3.63) is 29.6 Å². The Morgan fingerprint density at radius 2 is 2.20 bits per heavy atom. The first-order valence-corrected chi connectivity index (χ1v) is 5.35. The number of rotatable bonds is 3. The van der Waals surface area contributed by atoms with Crippen LogP contribution in [0, 0.1) is 0 Å². The molecule has 0 fully saturated rings. The first-order chi connectivity index (χ1) is 7.26. The van der Waals surface area contributed by atoms with Gasteiger partial charge in [-0.15, -0.1) is 0 Å². The number of hydrogen-bond acceptors (Lipinski definition) is 2. The third-order valence-electron chi connectivity index (χ3n) is 2.73. The van der Waals surface area contributed by atoms with E-state index in [1.54, 1.807) is 0 Å². The van der Waals surface area contributed by atoms with Gasteiger partial charge in [0.05, 0.1) is 11.0 Å². The van der Waals surface area contributed by atoms with Crippen LogP contribution in [0.1, 0.15) is 18.3 Å². The topological polar surface area (TPSA) is 29.9 Å². The number of benzene rings is 1. The molecule has 2 rings (SSSR count). The maximum atomic E-state index is 4.57. The van der Waals surface area contributed by atoms with Crippen LogP contribution in [0.25, 0.3) is 11.0 Å². The number of nitrogens with one attached hydrogen (secondary N) is 1. The number of hydrogen-bond donors (Lipinski definition) is 1. The van der Waals surface area contributed by atoms with E-state index in [2.05, 4.69) is 47.0 Å². The van der Waals surface area contributed by atoms with E-state index in [9.17, 15) is 0 Å². The van der Waals surface area contributed by atoms with Gasteiger partial charge in [0, 0.05) is 20.0 Å². The molecule has 1 aromatic heterocycles. The summed E-state index contributed by atoms with van der Waals surface area (Å²) in [7, 11) is 4.04. The van der Waals surface area contributed by atoms with E-state index in [0.717, 1.165) is 24.3 Å². The zero-order valence-electron chi connectivity index (χ0n) is 9.54. The molecule has 80 valence electrons. The van der Waals surface area contributed by atoms with E-state index >= 15 is 0 Å². The molecule has 1 aromatic carbocycles. The molecule has 3 heteroatoms. The Morgan fingerprint density at radius 3 is 2.87 bits per heavy atom. The smallest absolute Gasteiger partial charge is 0.109 e. The average Bonchev–Trinajstić information content (AvgIpc) is 2.56. The Balaban J connectivity index is 2.54. The lowest BCUT2D eigenvalue weighted by molar-refractivity contribution is 0.813. The lowest BCUT2D eigenvalue weighted by Gasteiger charge is -2.01. The van der Waals surface area contributed by atoms with Gasteiger partial charge >= 0.3 is 0 Å². The van der Waals surface area contributed by atoms with Crippen LogP contribution >= 0.6 is 0 Å². The molecule has 15 heavy (non-hydrogen) atoms. The highest BCUT2D eigenvalue weighted by Crippen LogP contribution is 2.17. The first-order valence-electron chi connectivity index (χ1n) is 5.35. The molecule has 0 amide bonds. The van der Waals surface area contributed by atoms with Gasteiger partial charge in [-0.1, -0.05) is 13.0 Å². The van der Waals surface area contributed by atoms with Gasteiger partial charge in [0.1, 0.15) is 5.82 Å². The van der Waals surface area contributed by atoms with E-state index in [4.69, 9.17) is 0 Å². The Kier molecular flexibility index (Phi) is 2.73. The second kappa shape index (κ2) is 4.03. The van der Waals surface area contributed by atoms with Crippen molar-refractivity contribution in [2.24, 2.45) is 7.05 Å². The summed E-state index contributed by atoms with van der Waals surface area (Å²) < 4.78 is 2.18. The van der Waals surface area contributed by atoms with Crippen LogP contribution in [-0.4, -0.2) is 16.6 Å². The van der Waals surface area contributed by atoms with Gasteiger partial charge in [-0.2, -0.15) is 0 Å². The van der Waals surface area contributed by atoms with E-state index in [0.29, 0.717) is 0 Å². The molecular weight excluding hydrogens is 186 g/mol. The first kappa shape index (κ1) is 10.2. The van der Waals surface area contributed by atoms with Gasteiger partial charge in [-0.25, -0.2) is 4.98 Å². The minimum absolute atomic E-state index is 0.905. The molecule has 0 unspecified atom stereocenters. The fourth-order valence-electron chi connectivity index (χ4n) is 1.92. The Bertz CT molecular complexity index is 471. The van der Waals surface area contributed by atoms with Gasteiger partial charge in [0.2, 0.25) is 0 Å². The maximum absolute atomic E-state index is 4.57. The lowest BCUT2D eigenvalue weighted by Crippen LogP contribution is -2.04. The van der Waals surface area contributed by atoms with Crippen molar-refractivity contribution in [1.82, 2.24) is 14.9 Å². The van der Waals surface area contributed by atoms with E-state index in [-0.39, 0.29) is 0 Å². The highest BCUT2D eigenvalue weighted by atomic mass is 15.1. The van der Waals surface area contributed by atoms with Crippen molar-refractivity contribution in [2.45, 2.75) is 19.9 Å². The largest absolute Gasteiger partial charge is 0.331 e. The van der Waals surface area contributed by atoms with Crippen LogP contribution in [0.2, 0.25) is 0 Å². The molecule has 0 spiro atoms. The zero-order valence-corrected chi connectivity index (χ0v) is 9.54. The van der Waals surface area contributed by atoms with Crippen LogP contribution in [-0.2, 0) is 20.0 Å². The van der Waals surface area contributed by atoms with Crippen molar-refractivity contribution in [3.8, 4) is 0 Å².